The Morgan fingerprint density at radius 1 is 1.19 bits per heavy atom. The Morgan fingerprint density at radius 2 is 1.86 bits per heavy atom. The summed E-state index contributed by atoms with van der Waals surface area (Å²) in [5.41, 5.74) is 1.78. The number of halogens is 1. The van der Waals surface area contributed by atoms with Crippen LogP contribution in [0, 0.1) is 0 Å². The van der Waals surface area contributed by atoms with Crippen molar-refractivity contribution in [2.75, 3.05) is 20.8 Å². The summed E-state index contributed by atoms with van der Waals surface area (Å²) < 4.78 is 16.2. The summed E-state index contributed by atoms with van der Waals surface area (Å²) in [6.07, 6.45) is 2.59. The van der Waals surface area contributed by atoms with E-state index in [1.54, 1.807) is 20.5 Å². The zero-order valence-electron chi connectivity index (χ0n) is 12.5. The number of ether oxygens (including phenoxy) is 2. The molecule has 0 aliphatic rings. The lowest BCUT2D eigenvalue weighted by atomic mass is 9.98. The van der Waals surface area contributed by atoms with Crippen LogP contribution < -0.4 is 14.8 Å². The fraction of sp³-hybridized carbons (Fsp3) is 0.375. The van der Waals surface area contributed by atoms with Gasteiger partial charge in [0.1, 0.15) is 11.5 Å². The number of methoxy groups -OCH3 is 2. The Hall–Kier alpha value is -1.65. The van der Waals surface area contributed by atoms with Crippen LogP contribution in [-0.4, -0.2) is 20.8 Å². The molecule has 0 radical (unpaired) electrons. The van der Waals surface area contributed by atoms with Crippen molar-refractivity contribution in [3.63, 3.8) is 0 Å². The van der Waals surface area contributed by atoms with E-state index >= 15 is 0 Å². The van der Waals surface area contributed by atoms with E-state index in [2.05, 4.69) is 12.2 Å². The molecule has 0 bridgehead atoms. The van der Waals surface area contributed by atoms with Gasteiger partial charge in [-0.15, -0.1) is 0 Å². The molecule has 1 unspecified atom stereocenters. The van der Waals surface area contributed by atoms with Gasteiger partial charge < -0.3 is 19.2 Å². The Morgan fingerprint density at radius 3 is 2.33 bits per heavy atom. The van der Waals surface area contributed by atoms with Crippen LogP contribution in [-0.2, 0) is 0 Å². The average molecular weight is 310 g/mol. The van der Waals surface area contributed by atoms with Gasteiger partial charge in [-0.1, -0.05) is 13.0 Å². The lowest BCUT2D eigenvalue weighted by Crippen LogP contribution is -2.24. The second kappa shape index (κ2) is 7.38. The summed E-state index contributed by atoms with van der Waals surface area (Å²) >= 11 is 6.17. The van der Waals surface area contributed by atoms with Crippen molar-refractivity contribution in [2.45, 2.75) is 19.4 Å². The van der Waals surface area contributed by atoms with Crippen LogP contribution in [0.5, 0.6) is 11.5 Å². The third-order valence-corrected chi connectivity index (χ3v) is 3.62. The van der Waals surface area contributed by atoms with Crippen LogP contribution in [0.1, 0.15) is 30.5 Å². The summed E-state index contributed by atoms with van der Waals surface area (Å²) in [5.74, 6) is 1.50. The topological polar surface area (TPSA) is 43.6 Å². The summed E-state index contributed by atoms with van der Waals surface area (Å²) in [6.45, 7) is 2.95. The smallest absolute Gasteiger partial charge is 0.198 e. The summed E-state index contributed by atoms with van der Waals surface area (Å²) in [6, 6.07) is 7.43. The average Bonchev–Trinajstić information content (AvgIpc) is 2.93. The van der Waals surface area contributed by atoms with Crippen LogP contribution in [0.3, 0.4) is 0 Å². The molecule has 0 aliphatic carbocycles. The van der Waals surface area contributed by atoms with Crippen molar-refractivity contribution in [1.82, 2.24) is 5.32 Å². The predicted octanol–water partition coefficient (Wildman–Crippen LogP) is 4.04. The summed E-state index contributed by atoms with van der Waals surface area (Å²) in [5, 5.41) is 3.85. The molecule has 2 rings (SSSR count). The minimum atomic E-state index is -0.151. The Labute approximate surface area is 130 Å². The minimum Gasteiger partial charge on any atom is -0.496 e. The number of furan rings is 1. The first-order valence-corrected chi connectivity index (χ1v) is 7.27. The highest BCUT2D eigenvalue weighted by Crippen LogP contribution is 2.39. The van der Waals surface area contributed by atoms with Gasteiger partial charge >= 0.3 is 0 Å². The summed E-state index contributed by atoms with van der Waals surface area (Å²) in [7, 11) is 3.29. The van der Waals surface area contributed by atoms with Crippen molar-refractivity contribution in [3.8, 4) is 11.5 Å². The normalized spacial score (nSPS) is 12.2. The van der Waals surface area contributed by atoms with Crippen molar-refractivity contribution in [2.24, 2.45) is 0 Å². The van der Waals surface area contributed by atoms with Gasteiger partial charge in [0.05, 0.1) is 32.1 Å². The molecule has 21 heavy (non-hydrogen) atoms. The highest BCUT2D eigenvalue weighted by molar-refractivity contribution is 6.29. The molecule has 0 saturated heterocycles. The number of rotatable bonds is 7. The maximum atomic E-state index is 6.17. The first-order chi connectivity index (χ1) is 10.2. The second-order valence-electron chi connectivity index (χ2n) is 4.61. The minimum absolute atomic E-state index is 0.151. The number of benzene rings is 1. The first kappa shape index (κ1) is 15.7. The van der Waals surface area contributed by atoms with Gasteiger partial charge in [0.15, 0.2) is 5.22 Å². The zero-order valence-corrected chi connectivity index (χ0v) is 13.2. The molecule has 1 aromatic heterocycles. The first-order valence-electron chi connectivity index (χ1n) is 6.90. The fourth-order valence-corrected chi connectivity index (χ4v) is 2.55. The molecule has 0 aliphatic heterocycles. The van der Waals surface area contributed by atoms with E-state index in [0.717, 1.165) is 35.6 Å². The molecular formula is C16H20ClNO3. The van der Waals surface area contributed by atoms with Gasteiger partial charge in [-0.2, -0.15) is 0 Å². The zero-order chi connectivity index (χ0) is 15.2. The molecule has 0 fully saturated rings. The molecule has 0 spiro atoms. The molecule has 1 atom stereocenters. The second-order valence-corrected chi connectivity index (χ2v) is 4.96. The number of hydrogen-bond acceptors (Lipinski definition) is 4. The highest BCUT2D eigenvalue weighted by Gasteiger charge is 2.25. The molecule has 4 nitrogen and oxygen atoms in total. The van der Waals surface area contributed by atoms with Gasteiger partial charge in [0.2, 0.25) is 0 Å². The van der Waals surface area contributed by atoms with E-state index in [4.69, 9.17) is 25.5 Å². The standard InChI is InChI=1S/C16H20ClNO3/c1-4-9-18-15(11-8-10-21-16(11)17)14-12(19-2)6-5-7-13(14)20-3/h5-8,10,15,18H,4,9H2,1-3H3. The van der Waals surface area contributed by atoms with Crippen LogP contribution in [0.25, 0.3) is 0 Å². The molecule has 2 aromatic rings. The Bertz CT molecular complexity index is 560. The fourth-order valence-electron chi connectivity index (χ4n) is 2.33. The molecule has 5 heteroatoms. The third-order valence-electron chi connectivity index (χ3n) is 3.31. The van der Waals surface area contributed by atoms with Crippen LogP contribution in [0.4, 0.5) is 0 Å². The van der Waals surface area contributed by atoms with Crippen molar-refractivity contribution in [3.05, 3.63) is 46.9 Å². The van der Waals surface area contributed by atoms with Gasteiger partial charge in [-0.05, 0) is 42.8 Å². The highest BCUT2D eigenvalue weighted by atomic mass is 35.5. The molecule has 1 aromatic carbocycles. The molecule has 114 valence electrons. The number of hydrogen-bond donors (Lipinski definition) is 1. The molecule has 0 amide bonds. The summed E-state index contributed by atoms with van der Waals surface area (Å²) in [4.78, 5) is 0. The Balaban J connectivity index is 2.53. The van der Waals surface area contributed by atoms with Gasteiger partial charge in [0, 0.05) is 5.56 Å². The van der Waals surface area contributed by atoms with Crippen LogP contribution in [0.2, 0.25) is 5.22 Å². The van der Waals surface area contributed by atoms with Gasteiger partial charge in [0.25, 0.3) is 0 Å². The van der Waals surface area contributed by atoms with Crippen molar-refractivity contribution >= 4 is 11.6 Å². The maximum absolute atomic E-state index is 6.17. The van der Waals surface area contributed by atoms with Crippen molar-refractivity contribution in [1.29, 1.82) is 0 Å². The molecule has 1 N–H and O–H groups in total. The largest absolute Gasteiger partial charge is 0.496 e. The quantitative estimate of drug-likeness (QED) is 0.838. The molecular weight excluding hydrogens is 290 g/mol. The van der Waals surface area contributed by atoms with E-state index in [9.17, 15) is 0 Å². The molecule has 1 heterocycles. The van der Waals surface area contributed by atoms with Gasteiger partial charge in [-0.25, -0.2) is 0 Å². The van der Waals surface area contributed by atoms with Crippen molar-refractivity contribution < 1.29 is 13.9 Å². The maximum Gasteiger partial charge on any atom is 0.198 e. The monoisotopic (exact) mass is 309 g/mol. The van der Waals surface area contributed by atoms with Crippen LogP contribution in [0.15, 0.2) is 34.9 Å². The SMILES string of the molecule is CCCNC(c1ccoc1Cl)c1c(OC)cccc1OC. The van der Waals surface area contributed by atoms with E-state index in [-0.39, 0.29) is 6.04 Å². The third kappa shape index (κ3) is 3.34. The molecule has 0 saturated carbocycles. The van der Waals surface area contributed by atoms with Crippen LogP contribution >= 0.6 is 11.6 Å². The Kier molecular flexibility index (Phi) is 5.53. The lowest BCUT2D eigenvalue weighted by molar-refractivity contribution is 0.376. The van der Waals surface area contributed by atoms with E-state index in [1.165, 1.54) is 0 Å². The van der Waals surface area contributed by atoms with E-state index in [0.29, 0.717) is 5.22 Å². The predicted molar refractivity (Wildman–Crippen MR) is 83.4 cm³/mol. The van der Waals surface area contributed by atoms with E-state index < -0.39 is 0 Å². The van der Waals surface area contributed by atoms with E-state index in [1.807, 2.05) is 24.3 Å². The number of nitrogens with one attached hydrogen (secondary N) is 1. The van der Waals surface area contributed by atoms with Gasteiger partial charge in [-0.3, -0.25) is 0 Å². The lowest BCUT2D eigenvalue weighted by Gasteiger charge is -2.22.